The van der Waals surface area contributed by atoms with Gasteiger partial charge in [-0.1, -0.05) is 34.1 Å². The third-order valence-corrected chi connectivity index (χ3v) is 3.00. The van der Waals surface area contributed by atoms with Crippen molar-refractivity contribution in [1.29, 1.82) is 0 Å². The second-order valence-corrected chi connectivity index (χ2v) is 4.68. The predicted molar refractivity (Wildman–Crippen MR) is 72.9 cm³/mol. The van der Waals surface area contributed by atoms with E-state index in [-0.39, 0.29) is 0 Å². The maximum absolute atomic E-state index is 5.46. The van der Waals surface area contributed by atoms with E-state index in [9.17, 15) is 0 Å². The van der Waals surface area contributed by atoms with E-state index in [2.05, 4.69) is 25.9 Å². The van der Waals surface area contributed by atoms with Crippen LogP contribution >= 0.6 is 15.9 Å². The molecule has 0 unspecified atom stereocenters. The van der Waals surface area contributed by atoms with Crippen molar-refractivity contribution in [2.45, 2.75) is 0 Å². The van der Waals surface area contributed by atoms with E-state index in [1.54, 1.807) is 12.5 Å². The molecule has 0 aliphatic carbocycles. The second kappa shape index (κ2) is 4.74. The number of rotatable bonds is 2. The number of pyridine rings is 1. The summed E-state index contributed by atoms with van der Waals surface area (Å²) in [4.78, 5) is 8.65. The molecular weight excluding hydrogens is 292 g/mol. The topological polar surface area (TPSA) is 38.9 Å². The highest BCUT2D eigenvalue weighted by Crippen LogP contribution is 2.25. The van der Waals surface area contributed by atoms with Crippen LogP contribution in [0.5, 0.6) is 0 Å². The highest BCUT2D eigenvalue weighted by Gasteiger charge is 2.08. The van der Waals surface area contributed by atoms with Crippen molar-refractivity contribution in [3.05, 3.63) is 59.4 Å². The zero-order valence-corrected chi connectivity index (χ0v) is 11.0. The first-order valence-electron chi connectivity index (χ1n) is 5.46. The molecule has 1 aromatic carbocycles. The van der Waals surface area contributed by atoms with Crippen molar-refractivity contribution in [1.82, 2.24) is 9.97 Å². The highest BCUT2D eigenvalue weighted by molar-refractivity contribution is 9.10. The SMILES string of the molecule is Brc1cccc(-c2coc(-c3ccccn3)n2)c1. The van der Waals surface area contributed by atoms with Gasteiger partial charge in [-0.25, -0.2) is 4.98 Å². The summed E-state index contributed by atoms with van der Waals surface area (Å²) in [6, 6.07) is 13.6. The number of aromatic nitrogens is 2. The van der Waals surface area contributed by atoms with Crippen LogP contribution in [0.4, 0.5) is 0 Å². The monoisotopic (exact) mass is 300 g/mol. The van der Waals surface area contributed by atoms with Crippen molar-refractivity contribution in [2.75, 3.05) is 0 Å². The van der Waals surface area contributed by atoms with Gasteiger partial charge in [0.1, 0.15) is 17.7 Å². The van der Waals surface area contributed by atoms with Crippen LogP contribution < -0.4 is 0 Å². The van der Waals surface area contributed by atoms with E-state index in [1.165, 1.54) is 0 Å². The molecule has 4 heteroatoms. The van der Waals surface area contributed by atoms with E-state index >= 15 is 0 Å². The highest BCUT2D eigenvalue weighted by atomic mass is 79.9. The zero-order valence-electron chi connectivity index (χ0n) is 9.38. The molecule has 0 atom stereocenters. The normalized spacial score (nSPS) is 10.5. The van der Waals surface area contributed by atoms with E-state index in [0.717, 1.165) is 21.4 Å². The van der Waals surface area contributed by atoms with Gasteiger partial charge < -0.3 is 4.42 Å². The number of nitrogens with zero attached hydrogens (tertiary/aromatic N) is 2. The minimum Gasteiger partial charge on any atom is -0.443 e. The zero-order chi connectivity index (χ0) is 12.4. The summed E-state index contributed by atoms with van der Waals surface area (Å²) in [6.07, 6.45) is 3.37. The van der Waals surface area contributed by atoms with Crippen LogP contribution in [0.25, 0.3) is 22.8 Å². The van der Waals surface area contributed by atoms with Gasteiger partial charge in [0.15, 0.2) is 0 Å². The summed E-state index contributed by atoms with van der Waals surface area (Å²) in [5, 5.41) is 0. The molecule has 0 spiro atoms. The van der Waals surface area contributed by atoms with Gasteiger partial charge >= 0.3 is 0 Å². The summed E-state index contributed by atoms with van der Waals surface area (Å²) in [6.45, 7) is 0. The molecule has 0 amide bonds. The molecule has 18 heavy (non-hydrogen) atoms. The van der Waals surface area contributed by atoms with Crippen molar-refractivity contribution < 1.29 is 4.42 Å². The minimum atomic E-state index is 0.533. The first-order valence-corrected chi connectivity index (χ1v) is 6.25. The molecule has 3 aromatic rings. The van der Waals surface area contributed by atoms with Gasteiger partial charge in [0.25, 0.3) is 0 Å². The fourth-order valence-corrected chi connectivity index (χ4v) is 2.06. The number of hydrogen-bond acceptors (Lipinski definition) is 3. The number of oxazole rings is 1. The van der Waals surface area contributed by atoms with Gasteiger partial charge in [0.2, 0.25) is 5.89 Å². The Bertz CT molecular complexity index is 664. The van der Waals surface area contributed by atoms with Crippen LogP contribution in [0.1, 0.15) is 0 Å². The largest absolute Gasteiger partial charge is 0.443 e. The molecule has 0 saturated heterocycles. The molecule has 0 radical (unpaired) electrons. The lowest BCUT2D eigenvalue weighted by Gasteiger charge is -1.95. The third-order valence-electron chi connectivity index (χ3n) is 2.51. The molecule has 2 aromatic heterocycles. The molecule has 0 N–H and O–H groups in total. The van der Waals surface area contributed by atoms with Crippen LogP contribution in [0, 0.1) is 0 Å². The van der Waals surface area contributed by atoms with Gasteiger partial charge in [0.05, 0.1) is 0 Å². The maximum Gasteiger partial charge on any atom is 0.245 e. The Balaban J connectivity index is 2.00. The summed E-state index contributed by atoms with van der Waals surface area (Å²) in [5.74, 6) is 0.533. The Kier molecular flexibility index (Phi) is 2.94. The Hall–Kier alpha value is -1.94. The van der Waals surface area contributed by atoms with E-state index in [1.807, 2.05) is 42.5 Å². The summed E-state index contributed by atoms with van der Waals surface area (Å²) in [5.41, 5.74) is 2.55. The molecule has 0 bridgehead atoms. The third kappa shape index (κ3) is 2.19. The van der Waals surface area contributed by atoms with Crippen LogP contribution in [0.2, 0.25) is 0 Å². The molecule has 0 fully saturated rings. The lowest BCUT2D eigenvalue weighted by Crippen LogP contribution is -1.82. The average Bonchev–Trinajstić information content (AvgIpc) is 2.89. The standard InChI is InChI=1S/C14H9BrN2O/c15-11-5-3-4-10(8-11)13-9-18-14(17-13)12-6-1-2-7-16-12/h1-9H. The van der Waals surface area contributed by atoms with Gasteiger partial charge in [0, 0.05) is 16.2 Å². The Morgan fingerprint density at radius 3 is 2.72 bits per heavy atom. The molecule has 0 saturated carbocycles. The quantitative estimate of drug-likeness (QED) is 0.713. The van der Waals surface area contributed by atoms with Crippen LogP contribution in [0.3, 0.4) is 0 Å². The van der Waals surface area contributed by atoms with Crippen LogP contribution in [-0.4, -0.2) is 9.97 Å². The Labute approximate surface area is 113 Å². The van der Waals surface area contributed by atoms with Gasteiger partial charge in [-0.05, 0) is 24.3 Å². The van der Waals surface area contributed by atoms with Crippen LogP contribution in [0.15, 0.2) is 63.8 Å². The molecule has 0 aliphatic rings. The van der Waals surface area contributed by atoms with Crippen molar-refractivity contribution in [3.8, 4) is 22.8 Å². The molecule has 88 valence electrons. The number of hydrogen-bond donors (Lipinski definition) is 0. The Morgan fingerprint density at radius 1 is 1.00 bits per heavy atom. The second-order valence-electron chi connectivity index (χ2n) is 3.76. The average molecular weight is 301 g/mol. The lowest BCUT2D eigenvalue weighted by atomic mass is 10.2. The number of benzene rings is 1. The fourth-order valence-electron chi connectivity index (χ4n) is 1.66. The fraction of sp³-hybridized carbons (Fsp3) is 0. The summed E-state index contributed by atoms with van der Waals surface area (Å²) < 4.78 is 6.47. The van der Waals surface area contributed by atoms with Crippen molar-refractivity contribution in [3.63, 3.8) is 0 Å². The molecular formula is C14H9BrN2O. The smallest absolute Gasteiger partial charge is 0.245 e. The van der Waals surface area contributed by atoms with E-state index in [0.29, 0.717) is 5.89 Å². The lowest BCUT2D eigenvalue weighted by molar-refractivity contribution is 0.572. The first-order chi connectivity index (χ1) is 8.83. The summed E-state index contributed by atoms with van der Waals surface area (Å²) in [7, 11) is 0. The Morgan fingerprint density at radius 2 is 1.94 bits per heavy atom. The predicted octanol–water partition coefficient (Wildman–Crippen LogP) is 4.17. The first kappa shape index (κ1) is 11.2. The van der Waals surface area contributed by atoms with Gasteiger partial charge in [-0.15, -0.1) is 0 Å². The maximum atomic E-state index is 5.46. The van der Waals surface area contributed by atoms with Gasteiger partial charge in [-0.3, -0.25) is 4.98 Å². The van der Waals surface area contributed by atoms with E-state index < -0.39 is 0 Å². The molecule has 0 aliphatic heterocycles. The van der Waals surface area contributed by atoms with Crippen LogP contribution in [-0.2, 0) is 0 Å². The van der Waals surface area contributed by atoms with Crippen molar-refractivity contribution >= 4 is 15.9 Å². The van der Waals surface area contributed by atoms with Gasteiger partial charge in [-0.2, -0.15) is 0 Å². The van der Waals surface area contributed by atoms with E-state index in [4.69, 9.17) is 4.42 Å². The summed E-state index contributed by atoms with van der Waals surface area (Å²) >= 11 is 3.44. The molecule has 2 heterocycles. The van der Waals surface area contributed by atoms with Crippen molar-refractivity contribution in [2.24, 2.45) is 0 Å². The minimum absolute atomic E-state index is 0.533. The molecule has 3 rings (SSSR count). The molecule has 3 nitrogen and oxygen atoms in total. The number of halogens is 1.